The monoisotopic (exact) mass is 341 g/mol. The summed E-state index contributed by atoms with van der Waals surface area (Å²) in [7, 11) is 1.41. The molecule has 0 amide bonds. The number of hydrogen-bond acceptors (Lipinski definition) is 4. The first kappa shape index (κ1) is 17.7. The van der Waals surface area contributed by atoms with Gasteiger partial charge in [0.1, 0.15) is 0 Å². The molecule has 0 bridgehead atoms. The molecule has 1 fully saturated rings. The minimum atomic E-state index is -0.200. The van der Waals surface area contributed by atoms with E-state index in [2.05, 4.69) is 45.9 Å². The largest absolute Gasteiger partial charge is 0.469 e. The Morgan fingerprint density at radius 3 is 3.00 bits per heavy atom. The van der Waals surface area contributed by atoms with E-state index in [0.29, 0.717) is 18.9 Å². The van der Waals surface area contributed by atoms with Gasteiger partial charge in [0.2, 0.25) is 0 Å². The molecule has 25 heavy (non-hydrogen) atoms. The normalized spacial score (nSPS) is 18.2. The van der Waals surface area contributed by atoms with E-state index in [-0.39, 0.29) is 5.97 Å². The van der Waals surface area contributed by atoms with Crippen molar-refractivity contribution in [3.05, 3.63) is 53.3 Å². The third-order valence-corrected chi connectivity index (χ3v) is 5.00. The summed E-state index contributed by atoms with van der Waals surface area (Å²) in [6, 6.07) is 8.74. The number of likely N-dealkylation sites (tertiary alicyclic amines) is 1. The standard InChI is InChI=1S/C20H27N3O2/c1-16-6-3-4-8-19(16)18-7-5-10-22(15-18)13-17-12-21-23(14-17)11-9-20(24)25-2/h3-4,6,8,12,14,18H,5,7,9-11,13,15H2,1-2H3/t18-/m0/s1. The Kier molecular flexibility index (Phi) is 5.87. The van der Waals surface area contributed by atoms with Gasteiger partial charge in [0, 0.05) is 24.8 Å². The number of hydrogen-bond donors (Lipinski definition) is 0. The van der Waals surface area contributed by atoms with Crippen LogP contribution in [0.3, 0.4) is 0 Å². The fourth-order valence-electron chi connectivity index (χ4n) is 3.67. The van der Waals surface area contributed by atoms with E-state index in [0.717, 1.165) is 19.6 Å². The number of methoxy groups -OCH3 is 1. The molecular weight excluding hydrogens is 314 g/mol. The molecule has 0 saturated carbocycles. The first-order valence-electron chi connectivity index (χ1n) is 9.01. The zero-order valence-electron chi connectivity index (χ0n) is 15.1. The molecule has 0 spiro atoms. The number of carbonyl (C=O) groups is 1. The maximum Gasteiger partial charge on any atom is 0.307 e. The number of carbonyl (C=O) groups excluding carboxylic acids is 1. The Morgan fingerprint density at radius 1 is 1.36 bits per heavy atom. The van der Waals surface area contributed by atoms with Crippen LogP contribution in [0.25, 0.3) is 0 Å². The van der Waals surface area contributed by atoms with Crippen molar-refractivity contribution in [1.82, 2.24) is 14.7 Å². The molecule has 0 aliphatic carbocycles. The van der Waals surface area contributed by atoms with Crippen LogP contribution in [-0.4, -0.2) is 40.8 Å². The highest BCUT2D eigenvalue weighted by Gasteiger charge is 2.22. The zero-order chi connectivity index (χ0) is 17.6. The Hall–Kier alpha value is -2.14. The second-order valence-electron chi connectivity index (χ2n) is 6.87. The minimum absolute atomic E-state index is 0.200. The van der Waals surface area contributed by atoms with Crippen molar-refractivity contribution in [2.45, 2.75) is 45.2 Å². The molecule has 1 aromatic heterocycles. The van der Waals surface area contributed by atoms with Gasteiger partial charge in [-0.25, -0.2) is 0 Å². The predicted octanol–water partition coefficient (Wildman–Crippen LogP) is 3.13. The molecule has 5 heteroatoms. The molecule has 1 aromatic carbocycles. The molecule has 1 aliphatic heterocycles. The second kappa shape index (κ2) is 8.30. The highest BCUT2D eigenvalue weighted by molar-refractivity contribution is 5.68. The van der Waals surface area contributed by atoms with Crippen LogP contribution < -0.4 is 0 Å². The minimum Gasteiger partial charge on any atom is -0.469 e. The Bertz CT molecular complexity index is 710. The van der Waals surface area contributed by atoms with Crippen LogP contribution in [0.1, 0.15) is 41.9 Å². The van der Waals surface area contributed by atoms with E-state index in [4.69, 9.17) is 0 Å². The van der Waals surface area contributed by atoms with Crippen LogP contribution >= 0.6 is 0 Å². The number of ether oxygens (including phenoxy) is 1. The summed E-state index contributed by atoms with van der Waals surface area (Å²) in [5, 5.41) is 4.36. The predicted molar refractivity (Wildman–Crippen MR) is 97.3 cm³/mol. The van der Waals surface area contributed by atoms with Gasteiger partial charge in [-0.15, -0.1) is 0 Å². The van der Waals surface area contributed by atoms with E-state index in [1.807, 2.05) is 17.1 Å². The van der Waals surface area contributed by atoms with Gasteiger partial charge >= 0.3 is 5.97 Å². The van der Waals surface area contributed by atoms with Crippen molar-refractivity contribution in [2.24, 2.45) is 0 Å². The summed E-state index contributed by atoms with van der Waals surface area (Å²) in [5.41, 5.74) is 4.08. The van der Waals surface area contributed by atoms with Crippen LogP contribution in [0.2, 0.25) is 0 Å². The molecule has 2 aromatic rings. The summed E-state index contributed by atoms with van der Waals surface area (Å²) in [5.74, 6) is 0.415. The first-order valence-corrected chi connectivity index (χ1v) is 9.01. The molecule has 1 aliphatic rings. The number of nitrogens with zero attached hydrogens (tertiary/aromatic N) is 3. The average molecular weight is 341 g/mol. The SMILES string of the molecule is COC(=O)CCn1cc(CN2CCC[C@H](c3ccccc3C)C2)cn1. The van der Waals surface area contributed by atoms with Crippen molar-refractivity contribution in [2.75, 3.05) is 20.2 Å². The van der Waals surface area contributed by atoms with Crippen molar-refractivity contribution in [3.8, 4) is 0 Å². The number of benzene rings is 1. The lowest BCUT2D eigenvalue weighted by atomic mass is 9.88. The molecule has 1 atom stereocenters. The Labute approximate surface area is 149 Å². The Balaban J connectivity index is 1.57. The number of piperidine rings is 1. The van der Waals surface area contributed by atoms with E-state index in [1.54, 1.807) is 0 Å². The Morgan fingerprint density at radius 2 is 2.20 bits per heavy atom. The zero-order valence-corrected chi connectivity index (χ0v) is 15.1. The average Bonchev–Trinajstić information content (AvgIpc) is 3.07. The molecule has 2 heterocycles. The molecule has 134 valence electrons. The maximum absolute atomic E-state index is 11.2. The molecule has 3 rings (SSSR count). The van der Waals surface area contributed by atoms with Gasteiger partial charge in [-0.3, -0.25) is 14.4 Å². The van der Waals surface area contributed by atoms with Crippen molar-refractivity contribution in [3.63, 3.8) is 0 Å². The lowest BCUT2D eigenvalue weighted by Crippen LogP contribution is -2.34. The number of aryl methyl sites for hydroxylation is 2. The van der Waals surface area contributed by atoms with Crippen LogP contribution in [0.15, 0.2) is 36.7 Å². The maximum atomic E-state index is 11.2. The van der Waals surface area contributed by atoms with Gasteiger partial charge in [0.25, 0.3) is 0 Å². The number of aromatic nitrogens is 2. The lowest BCUT2D eigenvalue weighted by Gasteiger charge is -2.33. The van der Waals surface area contributed by atoms with Gasteiger partial charge in [0.05, 0.1) is 26.3 Å². The van der Waals surface area contributed by atoms with Crippen LogP contribution in [0.5, 0.6) is 0 Å². The highest BCUT2D eigenvalue weighted by atomic mass is 16.5. The lowest BCUT2D eigenvalue weighted by molar-refractivity contribution is -0.140. The summed E-state index contributed by atoms with van der Waals surface area (Å²) in [4.78, 5) is 13.8. The topological polar surface area (TPSA) is 47.4 Å². The third kappa shape index (κ3) is 4.69. The van der Waals surface area contributed by atoms with E-state index in [1.165, 1.54) is 36.6 Å². The summed E-state index contributed by atoms with van der Waals surface area (Å²) in [6.45, 7) is 5.92. The van der Waals surface area contributed by atoms with E-state index < -0.39 is 0 Å². The highest BCUT2D eigenvalue weighted by Crippen LogP contribution is 2.29. The van der Waals surface area contributed by atoms with Crippen LogP contribution in [-0.2, 0) is 22.6 Å². The van der Waals surface area contributed by atoms with Crippen LogP contribution in [0, 0.1) is 6.92 Å². The van der Waals surface area contributed by atoms with Crippen LogP contribution in [0.4, 0.5) is 0 Å². The molecular formula is C20H27N3O2. The number of esters is 1. The fraction of sp³-hybridized carbons (Fsp3) is 0.500. The summed E-state index contributed by atoms with van der Waals surface area (Å²) < 4.78 is 6.50. The van der Waals surface area contributed by atoms with Gasteiger partial charge < -0.3 is 4.74 Å². The summed E-state index contributed by atoms with van der Waals surface area (Å²) >= 11 is 0. The molecule has 0 N–H and O–H groups in total. The van der Waals surface area contributed by atoms with Gasteiger partial charge in [-0.05, 0) is 43.4 Å². The summed E-state index contributed by atoms with van der Waals surface area (Å²) in [6.07, 6.45) is 6.81. The van der Waals surface area contributed by atoms with Gasteiger partial charge in [-0.1, -0.05) is 24.3 Å². The second-order valence-corrected chi connectivity index (χ2v) is 6.87. The van der Waals surface area contributed by atoms with E-state index >= 15 is 0 Å². The number of rotatable bonds is 6. The van der Waals surface area contributed by atoms with Crippen molar-refractivity contribution in [1.29, 1.82) is 0 Å². The first-order chi connectivity index (χ1) is 12.2. The fourth-order valence-corrected chi connectivity index (χ4v) is 3.67. The molecule has 5 nitrogen and oxygen atoms in total. The molecule has 0 radical (unpaired) electrons. The third-order valence-electron chi connectivity index (χ3n) is 5.00. The quantitative estimate of drug-likeness (QED) is 0.758. The van der Waals surface area contributed by atoms with Crippen molar-refractivity contribution < 1.29 is 9.53 Å². The van der Waals surface area contributed by atoms with Gasteiger partial charge in [0.15, 0.2) is 0 Å². The van der Waals surface area contributed by atoms with E-state index in [9.17, 15) is 4.79 Å². The van der Waals surface area contributed by atoms with Gasteiger partial charge in [-0.2, -0.15) is 5.10 Å². The van der Waals surface area contributed by atoms with Crippen molar-refractivity contribution >= 4 is 5.97 Å². The smallest absolute Gasteiger partial charge is 0.307 e. The molecule has 0 unspecified atom stereocenters. The molecule has 1 saturated heterocycles.